The van der Waals surface area contributed by atoms with E-state index in [0.29, 0.717) is 6.10 Å². The minimum absolute atomic E-state index is 0.420. The number of aromatic nitrogens is 1. The highest BCUT2D eigenvalue weighted by Crippen LogP contribution is 2.20. The lowest BCUT2D eigenvalue weighted by Crippen LogP contribution is -2.37. The molecule has 17 heavy (non-hydrogen) atoms. The first-order chi connectivity index (χ1) is 8.33. The van der Waals surface area contributed by atoms with Crippen molar-refractivity contribution < 1.29 is 4.74 Å². The predicted molar refractivity (Wildman–Crippen MR) is 70.6 cm³/mol. The Labute approximate surface area is 103 Å². The lowest BCUT2D eigenvalue weighted by molar-refractivity contribution is 0.0818. The summed E-state index contributed by atoms with van der Waals surface area (Å²) in [6, 6.07) is 6.14. The second kappa shape index (κ2) is 5.87. The first-order valence-electron chi connectivity index (χ1n) is 6.32. The fourth-order valence-corrected chi connectivity index (χ4v) is 2.20. The molecule has 0 unspecified atom stereocenters. The molecule has 4 heteroatoms. The summed E-state index contributed by atoms with van der Waals surface area (Å²) in [5.74, 6) is 2.02. The summed E-state index contributed by atoms with van der Waals surface area (Å²) in [4.78, 5) is 6.94. The van der Waals surface area contributed by atoms with Crippen LogP contribution in [0.15, 0.2) is 18.2 Å². The number of hydrogen-bond acceptors (Lipinski definition) is 4. The van der Waals surface area contributed by atoms with E-state index in [1.807, 2.05) is 6.07 Å². The molecule has 0 amide bonds. The first-order valence-corrected chi connectivity index (χ1v) is 6.32. The average molecular weight is 235 g/mol. The molecule has 1 N–H and O–H groups in total. The van der Waals surface area contributed by atoms with Gasteiger partial charge in [0.2, 0.25) is 0 Å². The van der Waals surface area contributed by atoms with Crippen LogP contribution in [0.4, 0.5) is 11.6 Å². The van der Waals surface area contributed by atoms with Gasteiger partial charge in [-0.25, -0.2) is 4.98 Å². The lowest BCUT2D eigenvalue weighted by atomic mass is 10.1. The van der Waals surface area contributed by atoms with E-state index in [-0.39, 0.29) is 0 Å². The molecule has 1 fully saturated rings. The van der Waals surface area contributed by atoms with Gasteiger partial charge in [0.05, 0.1) is 6.10 Å². The van der Waals surface area contributed by atoms with Gasteiger partial charge in [0.1, 0.15) is 11.6 Å². The minimum Gasteiger partial charge on any atom is -0.381 e. The zero-order valence-electron chi connectivity index (χ0n) is 10.6. The Balaban J connectivity index is 2.00. The van der Waals surface area contributed by atoms with Crippen molar-refractivity contribution in [1.82, 2.24) is 4.98 Å². The van der Waals surface area contributed by atoms with E-state index in [0.717, 1.165) is 44.1 Å². The summed E-state index contributed by atoms with van der Waals surface area (Å²) < 4.78 is 5.38. The quantitative estimate of drug-likeness (QED) is 0.867. The number of hydrogen-bond donors (Lipinski definition) is 1. The van der Waals surface area contributed by atoms with Gasteiger partial charge in [-0.3, -0.25) is 0 Å². The molecule has 4 nitrogen and oxygen atoms in total. The number of ether oxygens (including phenoxy) is 1. The van der Waals surface area contributed by atoms with Crippen molar-refractivity contribution >= 4 is 11.6 Å². The van der Waals surface area contributed by atoms with Gasteiger partial charge in [-0.15, -0.1) is 0 Å². The van der Waals surface area contributed by atoms with E-state index >= 15 is 0 Å². The van der Waals surface area contributed by atoms with Crippen LogP contribution in [0.5, 0.6) is 0 Å². The predicted octanol–water partition coefficient (Wildman–Crippen LogP) is 2.13. The molecule has 0 aromatic carbocycles. The molecular weight excluding hydrogens is 214 g/mol. The molecule has 1 aromatic rings. The van der Waals surface area contributed by atoms with Gasteiger partial charge in [0.15, 0.2) is 0 Å². The zero-order chi connectivity index (χ0) is 12.1. The first kappa shape index (κ1) is 12.2. The Morgan fingerprint density at radius 3 is 2.82 bits per heavy atom. The van der Waals surface area contributed by atoms with Gasteiger partial charge in [-0.05, 0) is 31.9 Å². The third-order valence-corrected chi connectivity index (χ3v) is 3.19. The minimum atomic E-state index is 0.420. The van der Waals surface area contributed by atoms with Crippen molar-refractivity contribution in [3.05, 3.63) is 18.2 Å². The molecule has 0 atom stereocenters. The van der Waals surface area contributed by atoms with Crippen LogP contribution in [0.1, 0.15) is 19.8 Å². The summed E-state index contributed by atoms with van der Waals surface area (Å²) in [5.41, 5.74) is 0. The molecule has 1 aliphatic heterocycles. The largest absolute Gasteiger partial charge is 0.381 e. The number of piperidine rings is 1. The second-order valence-corrected chi connectivity index (χ2v) is 4.33. The Hall–Kier alpha value is -1.29. The Bertz CT molecular complexity index is 348. The third kappa shape index (κ3) is 3.09. The normalized spacial score (nSPS) is 17.2. The Kier molecular flexibility index (Phi) is 4.20. The molecular formula is C13H21N3O. The SMILES string of the molecule is CCNc1cccc(N2CCC(OC)CC2)n1. The molecule has 1 aromatic heterocycles. The van der Waals surface area contributed by atoms with Gasteiger partial charge in [-0.1, -0.05) is 6.07 Å². The summed E-state index contributed by atoms with van der Waals surface area (Å²) in [7, 11) is 1.80. The van der Waals surface area contributed by atoms with Crippen molar-refractivity contribution in [2.24, 2.45) is 0 Å². The second-order valence-electron chi connectivity index (χ2n) is 4.33. The third-order valence-electron chi connectivity index (χ3n) is 3.19. The molecule has 0 aliphatic carbocycles. The van der Waals surface area contributed by atoms with E-state index in [1.54, 1.807) is 7.11 Å². The number of methoxy groups -OCH3 is 1. The van der Waals surface area contributed by atoms with Crippen LogP contribution in [-0.4, -0.2) is 37.8 Å². The van der Waals surface area contributed by atoms with E-state index in [9.17, 15) is 0 Å². The molecule has 1 saturated heterocycles. The zero-order valence-corrected chi connectivity index (χ0v) is 10.6. The van der Waals surface area contributed by atoms with Gasteiger partial charge in [0, 0.05) is 26.7 Å². The lowest BCUT2D eigenvalue weighted by Gasteiger charge is -2.32. The van der Waals surface area contributed by atoms with Crippen LogP contribution in [0, 0.1) is 0 Å². The highest BCUT2D eigenvalue weighted by molar-refractivity contribution is 5.47. The van der Waals surface area contributed by atoms with E-state index in [4.69, 9.17) is 4.74 Å². The van der Waals surface area contributed by atoms with E-state index in [2.05, 4.69) is 34.3 Å². The van der Waals surface area contributed by atoms with Crippen LogP contribution in [0.3, 0.4) is 0 Å². The number of nitrogens with zero attached hydrogens (tertiary/aromatic N) is 2. The van der Waals surface area contributed by atoms with E-state index < -0.39 is 0 Å². The summed E-state index contributed by atoms with van der Waals surface area (Å²) in [6.07, 6.45) is 2.59. The number of anilines is 2. The topological polar surface area (TPSA) is 37.4 Å². The van der Waals surface area contributed by atoms with Crippen LogP contribution >= 0.6 is 0 Å². The van der Waals surface area contributed by atoms with Crippen LogP contribution in [0.25, 0.3) is 0 Å². The number of pyridine rings is 1. The molecule has 94 valence electrons. The van der Waals surface area contributed by atoms with Crippen molar-refractivity contribution in [3.63, 3.8) is 0 Å². The Morgan fingerprint density at radius 2 is 2.18 bits per heavy atom. The van der Waals surface area contributed by atoms with E-state index in [1.165, 1.54) is 0 Å². The standard InChI is InChI=1S/C13H21N3O/c1-3-14-12-5-4-6-13(15-12)16-9-7-11(17-2)8-10-16/h4-6,11H,3,7-10H2,1-2H3,(H,14,15). The van der Waals surface area contributed by atoms with Crippen LogP contribution in [-0.2, 0) is 4.74 Å². The average Bonchev–Trinajstić information content (AvgIpc) is 2.40. The van der Waals surface area contributed by atoms with Gasteiger partial charge < -0.3 is 15.0 Å². The van der Waals surface area contributed by atoms with Gasteiger partial charge >= 0.3 is 0 Å². The smallest absolute Gasteiger partial charge is 0.130 e. The monoisotopic (exact) mass is 235 g/mol. The maximum Gasteiger partial charge on any atom is 0.130 e. The molecule has 0 radical (unpaired) electrons. The van der Waals surface area contributed by atoms with Crippen LogP contribution < -0.4 is 10.2 Å². The maximum absolute atomic E-state index is 5.38. The summed E-state index contributed by atoms with van der Waals surface area (Å²) in [6.45, 7) is 5.04. The number of nitrogens with one attached hydrogen (secondary N) is 1. The van der Waals surface area contributed by atoms with Crippen molar-refractivity contribution in [3.8, 4) is 0 Å². The van der Waals surface area contributed by atoms with Crippen molar-refractivity contribution in [1.29, 1.82) is 0 Å². The Morgan fingerprint density at radius 1 is 1.41 bits per heavy atom. The molecule has 0 bridgehead atoms. The maximum atomic E-state index is 5.38. The summed E-state index contributed by atoms with van der Waals surface area (Å²) >= 11 is 0. The fraction of sp³-hybridized carbons (Fsp3) is 0.615. The number of rotatable bonds is 4. The molecule has 0 spiro atoms. The van der Waals surface area contributed by atoms with Gasteiger partial charge in [0.25, 0.3) is 0 Å². The van der Waals surface area contributed by atoms with Crippen molar-refractivity contribution in [2.75, 3.05) is 37.0 Å². The highest BCUT2D eigenvalue weighted by atomic mass is 16.5. The highest BCUT2D eigenvalue weighted by Gasteiger charge is 2.19. The molecule has 0 saturated carbocycles. The summed E-state index contributed by atoms with van der Waals surface area (Å²) in [5, 5.41) is 3.24. The van der Waals surface area contributed by atoms with Gasteiger partial charge in [-0.2, -0.15) is 0 Å². The van der Waals surface area contributed by atoms with Crippen LogP contribution in [0.2, 0.25) is 0 Å². The fourth-order valence-electron chi connectivity index (χ4n) is 2.20. The molecule has 2 rings (SSSR count). The molecule has 1 aliphatic rings. The van der Waals surface area contributed by atoms with Crippen molar-refractivity contribution in [2.45, 2.75) is 25.9 Å². The molecule has 2 heterocycles.